The minimum Gasteiger partial charge on any atom is -0.363 e. The summed E-state index contributed by atoms with van der Waals surface area (Å²) in [6.07, 6.45) is 1.73. The van der Waals surface area contributed by atoms with Crippen molar-refractivity contribution in [3.63, 3.8) is 0 Å². The predicted octanol–water partition coefficient (Wildman–Crippen LogP) is 1.89. The van der Waals surface area contributed by atoms with E-state index in [2.05, 4.69) is 36.5 Å². The van der Waals surface area contributed by atoms with Gasteiger partial charge in [0, 0.05) is 12.7 Å². The molecule has 5 nitrogen and oxygen atoms in total. The number of hydrogen-bond donors (Lipinski definition) is 1. The van der Waals surface area contributed by atoms with Gasteiger partial charge >= 0.3 is 0 Å². The molecule has 0 fully saturated rings. The topological polar surface area (TPSA) is 55.6 Å². The number of nitrogens with one attached hydrogen (secondary N) is 1. The zero-order chi connectivity index (χ0) is 11.5. The molecule has 0 saturated heterocycles. The van der Waals surface area contributed by atoms with Gasteiger partial charge in [0.05, 0.1) is 22.9 Å². The van der Waals surface area contributed by atoms with E-state index in [4.69, 9.17) is 0 Å². The lowest BCUT2D eigenvalue weighted by Crippen LogP contribution is -2.07. The maximum atomic E-state index is 4.39. The van der Waals surface area contributed by atoms with Crippen molar-refractivity contribution in [1.29, 1.82) is 0 Å². The second-order valence-electron chi connectivity index (χ2n) is 3.49. The predicted molar refractivity (Wildman–Crippen MR) is 65.0 cm³/mol. The minimum atomic E-state index is 0.651. The van der Waals surface area contributed by atoms with Crippen LogP contribution in [-0.2, 0) is 13.6 Å². The Balaban J connectivity index is 2.10. The smallest absolute Gasteiger partial charge is 0.140 e. The van der Waals surface area contributed by atoms with Gasteiger partial charge in [-0.1, -0.05) is 5.21 Å². The van der Waals surface area contributed by atoms with Crippen LogP contribution in [0.3, 0.4) is 0 Å². The third-order valence-electron chi connectivity index (χ3n) is 2.23. The zero-order valence-corrected chi connectivity index (χ0v) is 10.7. The Kier molecular flexibility index (Phi) is 3.19. The van der Waals surface area contributed by atoms with Gasteiger partial charge < -0.3 is 5.32 Å². The molecule has 84 valence electrons. The van der Waals surface area contributed by atoms with Crippen LogP contribution in [0.4, 0.5) is 5.82 Å². The number of anilines is 1. The molecule has 0 unspecified atom stereocenters. The molecule has 6 heteroatoms. The van der Waals surface area contributed by atoms with Gasteiger partial charge in [-0.15, -0.1) is 5.10 Å². The van der Waals surface area contributed by atoms with E-state index in [0.29, 0.717) is 6.54 Å². The number of pyridine rings is 1. The van der Waals surface area contributed by atoms with Gasteiger partial charge in [0.25, 0.3) is 0 Å². The van der Waals surface area contributed by atoms with Crippen LogP contribution in [-0.4, -0.2) is 20.0 Å². The Bertz CT molecular complexity index is 494. The molecular formula is C10H12BrN5. The van der Waals surface area contributed by atoms with Crippen molar-refractivity contribution in [3.05, 3.63) is 34.2 Å². The van der Waals surface area contributed by atoms with Crippen LogP contribution in [0.5, 0.6) is 0 Å². The first-order chi connectivity index (χ1) is 7.66. The number of hydrogen-bond acceptors (Lipinski definition) is 4. The molecule has 2 aromatic rings. The molecule has 0 spiro atoms. The molecule has 2 rings (SSSR count). The van der Waals surface area contributed by atoms with Crippen molar-refractivity contribution in [2.75, 3.05) is 5.32 Å². The summed E-state index contributed by atoms with van der Waals surface area (Å²) in [5.74, 6) is 0.834. The molecular weight excluding hydrogens is 270 g/mol. The van der Waals surface area contributed by atoms with Gasteiger partial charge in [-0.25, -0.2) is 4.98 Å². The first kappa shape index (κ1) is 11.1. The van der Waals surface area contributed by atoms with Gasteiger partial charge in [0.15, 0.2) is 0 Å². The third kappa shape index (κ3) is 2.38. The molecule has 0 radical (unpaired) electrons. The summed E-state index contributed by atoms with van der Waals surface area (Å²) >= 11 is 3.45. The summed E-state index contributed by atoms with van der Waals surface area (Å²) in [4.78, 5) is 4.39. The average Bonchev–Trinajstić information content (AvgIpc) is 2.66. The summed E-state index contributed by atoms with van der Waals surface area (Å²) in [5.41, 5.74) is 1.99. The Labute approximate surface area is 102 Å². The van der Waals surface area contributed by atoms with Crippen molar-refractivity contribution in [3.8, 4) is 0 Å². The van der Waals surface area contributed by atoms with Crippen LogP contribution < -0.4 is 5.32 Å². The highest BCUT2D eigenvalue weighted by Crippen LogP contribution is 2.20. The third-order valence-corrected chi connectivity index (χ3v) is 2.87. The molecule has 0 atom stereocenters. The SMILES string of the molecule is Cc1ccc(Br)c(NCc2cnnn2C)n1. The van der Waals surface area contributed by atoms with E-state index in [1.54, 1.807) is 10.9 Å². The van der Waals surface area contributed by atoms with Gasteiger partial charge in [0.2, 0.25) is 0 Å². The van der Waals surface area contributed by atoms with Crippen molar-refractivity contribution in [2.24, 2.45) is 7.05 Å². The van der Waals surface area contributed by atoms with Crippen LogP contribution in [0.25, 0.3) is 0 Å². The fraction of sp³-hybridized carbons (Fsp3) is 0.300. The minimum absolute atomic E-state index is 0.651. The Morgan fingerprint density at radius 2 is 2.25 bits per heavy atom. The Morgan fingerprint density at radius 1 is 1.44 bits per heavy atom. The summed E-state index contributed by atoms with van der Waals surface area (Å²) in [7, 11) is 1.86. The van der Waals surface area contributed by atoms with Gasteiger partial charge in [0.1, 0.15) is 5.82 Å². The number of halogens is 1. The second-order valence-corrected chi connectivity index (χ2v) is 4.34. The molecule has 0 aromatic carbocycles. The zero-order valence-electron chi connectivity index (χ0n) is 9.11. The van der Waals surface area contributed by atoms with E-state index in [9.17, 15) is 0 Å². The monoisotopic (exact) mass is 281 g/mol. The van der Waals surface area contributed by atoms with Crippen LogP contribution in [0.15, 0.2) is 22.8 Å². The summed E-state index contributed by atoms with van der Waals surface area (Å²) in [6, 6.07) is 3.94. The Morgan fingerprint density at radius 3 is 2.94 bits per heavy atom. The lowest BCUT2D eigenvalue weighted by molar-refractivity contribution is 0.683. The molecule has 0 aliphatic carbocycles. The first-order valence-corrected chi connectivity index (χ1v) is 5.66. The molecule has 0 aliphatic rings. The normalized spacial score (nSPS) is 10.4. The summed E-state index contributed by atoms with van der Waals surface area (Å²) < 4.78 is 2.68. The molecule has 2 aromatic heterocycles. The van der Waals surface area contributed by atoms with Gasteiger partial charge in [-0.2, -0.15) is 0 Å². The molecule has 16 heavy (non-hydrogen) atoms. The Hall–Kier alpha value is -1.43. The van der Waals surface area contributed by atoms with Crippen molar-refractivity contribution < 1.29 is 0 Å². The maximum Gasteiger partial charge on any atom is 0.140 e. The standard InChI is InChI=1S/C10H12BrN5/c1-7-3-4-9(11)10(14-7)12-5-8-6-13-15-16(8)2/h3-4,6H,5H2,1-2H3,(H,12,14). The maximum absolute atomic E-state index is 4.39. The average molecular weight is 282 g/mol. The molecule has 0 bridgehead atoms. The summed E-state index contributed by atoms with van der Waals surface area (Å²) in [5, 5.41) is 10.9. The number of rotatable bonds is 3. The van der Waals surface area contributed by atoms with Crippen LogP contribution in [0, 0.1) is 6.92 Å². The lowest BCUT2D eigenvalue weighted by Gasteiger charge is -2.07. The van der Waals surface area contributed by atoms with E-state index in [1.165, 1.54) is 0 Å². The van der Waals surface area contributed by atoms with Gasteiger partial charge in [-0.05, 0) is 35.0 Å². The molecule has 2 heterocycles. The first-order valence-electron chi connectivity index (χ1n) is 4.87. The van der Waals surface area contributed by atoms with E-state index in [1.807, 2.05) is 26.1 Å². The van der Waals surface area contributed by atoms with Crippen molar-refractivity contribution in [2.45, 2.75) is 13.5 Å². The highest BCUT2D eigenvalue weighted by atomic mass is 79.9. The molecule has 0 aliphatic heterocycles. The van der Waals surface area contributed by atoms with Gasteiger partial charge in [-0.3, -0.25) is 4.68 Å². The number of aryl methyl sites for hydroxylation is 2. The van der Waals surface area contributed by atoms with Crippen molar-refractivity contribution >= 4 is 21.7 Å². The highest BCUT2D eigenvalue weighted by Gasteiger charge is 2.03. The van der Waals surface area contributed by atoms with E-state index in [0.717, 1.165) is 21.7 Å². The van der Waals surface area contributed by atoms with E-state index in [-0.39, 0.29) is 0 Å². The van der Waals surface area contributed by atoms with E-state index < -0.39 is 0 Å². The number of nitrogens with zero attached hydrogens (tertiary/aromatic N) is 4. The highest BCUT2D eigenvalue weighted by molar-refractivity contribution is 9.10. The number of aromatic nitrogens is 4. The second kappa shape index (κ2) is 4.61. The lowest BCUT2D eigenvalue weighted by atomic mass is 10.3. The largest absolute Gasteiger partial charge is 0.363 e. The summed E-state index contributed by atoms with van der Waals surface area (Å²) in [6.45, 7) is 2.61. The molecule has 0 amide bonds. The van der Waals surface area contributed by atoms with E-state index >= 15 is 0 Å². The quantitative estimate of drug-likeness (QED) is 0.934. The van der Waals surface area contributed by atoms with Crippen LogP contribution in [0.2, 0.25) is 0 Å². The molecule has 1 N–H and O–H groups in total. The molecule has 0 saturated carbocycles. The van der Waals surface area contributed by atoms with Crippen LogP contribution >= 0.6 is 15.9 Å². The fourth-order valence-electron chi connectivity index (χ4n) is 1.31. The van der Waals surface area contributed by atoms with Crippen LogP contribution in [0.1, 0.15) is 11.4 Å². The fourth-order valence-corrected chi connectivity index (χ4v) is 1.67. The van der Waals surface area contributed by atoms with Crippen molar-refractivity contribution in [1.82, 2.24) is 20.0 Å².